The maximum Gasteiger partial charge on any atom is 0.0967 e. The molecule has 1 rings (SSSR count). The second-order valence-electron chi connectivity index (χ2n) is 2.54. The fourth-order valence-electron chi connectivity index (χ4n) is 0.739. The molecule has 88 valence electrons. The Morgan fingerprint density at radius 2 is 1.40 bits per heavy atom. The molecule has 0 aliphatic heterocycles. The van der Waals surface area contributed by atoms with Gasteiger partial charge in [0, 0.05) is 13.2 Å². The lowest BCUT2D eigenvalue weighted by Crippen LogP contribution is -1.84. The fraction of sp³-hybridized carbons (Fsp3) is 0.500. The van der Waals surface area contributed by atoms with Crippen LogP contribution in [0.2, 0.25) is 0 Å². The van der Waals surface area contributed by atoms with E-state index >= 15 is 0 Å². The number of hydrogen-bond donors (Lipinski definition) is 0. The van der Waals surface area contributed by atoms with E-state index in [-0.39, 0.29) is 5.34 Å². The van der Waals surface area contributed by atoms with E-state index in [4.69, 9.17) is 27.9 Å². The molecule has 0 fully saturated rings. The Bertz CT molecular complexity index is 188. The topological polar surface area (TPSA) is 9.23 Å². The van der Waals surface area contributed by atoms with Crippen LogP contribution in [0.25, 0.3) is 0 Å². The number of benzene rings is 1. The van der Waals surface area contributed by atoms with Crippen LogP contribution in [0.3, 0.4) is 0 Å². The molecule has 0 saturated carbocycles. The minimum Gasteiger partial charge on any atom is -0.382 e. The molecule has 0 bridgehead atoms. The Hall–Kier alpha value is -0.240. The van der Waals surface area contributed by atoms with Gasteiger partial charge in [0.1, 0.15) is 0 Å². The van der Waals surface area contributed by atoms with Crippen molar-refractivity contribution in [1.29, 1.82) is 0 Å². The van der Waals surface area contributed by atoms with Gasteiger partial charge in [-0.15, -0.1) is 23.2 Å². The van der Waals surface area contributed by atoms with Gasteiger partial charge in [0.15, 0.2) is 0 Å². The van der Waals surface area contributed by atoms with Crippen molar-refractivity contribution in [2.45, 2.75) is 20.8 Å². The minimum absolute atomic E-state index is 0.194. The number of alkyl halides is 2. The van der Waals surface area contributed by atoms with Crippen LogP contribution >= 0.6 is 23.2 Å². The van der Waals surface area contributed by atoms with Crippen molar-refractivity contribution in [1.82, 2.24) is 0 Å². The van der Waals surface area contributed by atoms with Gasteiger partial charge in [0.25, 0.3) is 0 Å². The highest BCUT2D eigenvalue weighted by Gasteiger charge is 1.72. The minimum atomic E-state index is 0.194. The highest BCUT2D eigenvalue weighted by atomic mass is 35.5. The number of hydrogen-bond acceptors (Lipinski definition) is 1. The predicted molar refractivity (Wildman–Crippen MR) is 69.9 cm³/mol. The SMILES string of the molecule is CCOCC.Cc1ccccc1.ClCCl. The van der Waals surface area contributed by atoms with Gasteiger partial charge in [-0.25, -0.2) is 0 Å². The zero-order chi connectivity index (χ0) is 11.9. The van der Waals surface area contributed by atoms with Crippen LogP contribution in [0.5, 0.6) is 0 Å². The van der Waals surface area contributed by atoms with Crippen molar-refractivity contribution in [3.63, 3.8) is 0 Å². The van der Waals surface area contributed by atoms with E-state index in [9.17, 15) is 0 Å². The lowest BCUT2D eigenvalue weighted by molar-refractivity contribution is 0.162. The molecule has 3 heteroatoms. The molecule has 0 atom stereocenters. The molecule has 0 aromatic heterocycles. The second-order valence-corrected chi connectivity index (χ2v) is 3.35. The Morgan fingerprint density at radius 3 is 1.53 bits per heavy atom. The standard InChI is InChI=1S/C7H8.C4H10O.CH2Cl2/c1-7-5-3-2-4-6-7;1-3-5-4-2;2-1-3/h2-6H,1H3;3-4H2,1-2H3;1H2. The highest BCUT2D eigenvalue weighted by Crippen LogP contribution is 1.92. The third-order valence-electron chi connectivity index (χ3n) is 1.35. The number of rotatable bonds is 2. The number of halogens is 2. The Balaban J connectivity index is 0. The molecular formula is C12H20Cl2O. The van der Waals surface area contributed by atoms with E-state index in [1.807, 2.05) is 32.0 Å². The summed E-state index contributed by atoms with van der Waals surface area (Å²) in [6.07, 6.45) is 0. The van der Waals surface area contributed by atoms with E-state index in [0.29, 0.717) is 0 Å². The van der Waals surface area contributed by atoms with Crippen LogP contribution in [0.1, 0.15) is 19.4 Å². The lowest BCUT2D eigenvalue weighted by Gasteiger charge is -1.86. The summed E-state index contributed by atoms with van der Waals surface area (Å²) in [7, 11) is 0. The van der Waals surface area contributed by atoms with E-state index in [1.165, 1.54) is 5.56 Å². The molecule has 0 unspecified atom stereocenters. The molecule has 0 heterocycles. The molecular weight excluding hydrogens is 231 g/mol. The first kappa shape index (κ1) is 17.2. The third-order valence-corrected chi connectivity index (χ3v) is 1.35. The van der Waals surface area contributed by atoms with Crippen molar-refractivity contribution in [3.05, 3.63) is 35.9 Å². The number of ether oxygens (including phenoxy) is 1. The molecule has 1 nitrogen and oxygen atoms in total. The zero-order valence-corrected chi connectivity index (χ0v) is 11.2. The maximum atomic E-state index is 4.83. The summed E-state index contributed by atoms with van der Waals surface area (Å²) < 4.78 is 4.83. The van der Waals surface area contributed by atoms with Crippen LogP contribution in [0, 0.1) is 6.92 Å². The van der Waals surface area contributed by atoms with Gasteiger partial charge in [0.05, 0.1) is 5.34 Å². The quantitative estimate of drug-likeness (QED) is 0.705. The summed E-state index contributed by atoms with van der Waals surface area (Å²) in [6, 6.07) is 10.3. The van der Waals surface area contributed by atoms with Gasteiger partial charge in [0.2, 0.25) is 0 Å². The second kappa shape index (κ2) is 16.2. The van der Waals surface area contributed by atoms with E-state index in [1.54, 1.807) is 0 Å². The molecule has 1 aromatic carbocycles. The Kier molecular flexibility index (Phi) is 18.5. The molecule has 0 aliphatic rings. The van der Waals surface area contributed by atoms with Crippen LogP contribution < -0.4 is 0 Å². The van der Waals surface area contributed by atoms with Crippen molar-refractivity contribution in [3.8, 4) is 0 Å². The summed E-state index contributed by atoms with van der Waals surface area (Å²) in [5, 5.41) is 0.194. The first-order valence-corrected chi connectivity index (χ1v) is 6.01. The van der Waals surface area contributed by atoms with E-state index < -0.39 is 0 Å². The van der Waals surface area contributed by atoms with Crippen molar-refractivity contribution in [2.24, 2.45) is 0 Å². The molecule has 0 saturated heterocycles. The predicted octanol–water partition coefficient (Wildman–Crippen LogP) is 4.46. The maximum absolute atomic E-state index is 4.83. The largest absolute Gasteiger partial charge is 0.382 e. The van der Waals surface area contributed by atoms with Crippen LogP contribution in [0.15, 0.2) is 30.3 Å². The molecule has 15 heavy (non-hydrogen) atoms. The summed E-state index contributed by atoms with van der Waals surface area (Å²) in [5.74, 6) is 0. The normalized spacial score (nSPS) is 8.07. The van der Waals surface area contributed by atoms with Gasteiger partial charge in [-0.1, -0.05) is 35.9 Å². The number of aryl methyl sites for hydroxylation is 1. The molecule has 0 spiro atoms. The van der Waals surface area contributed by atoms with Crippen molar-refractivity contribution >= 4 is 23.2 Å². The van der Waals surface area contributed by atoms with Gasteiger partial charge in [-0.2, -0.15) is 0 Å². The zero-order valence-electron chi connectivity index (χ0n) is 9.67. The van der Waals surface area contributed by atoms with Crippen LogP contribution in [0.4, 0.5) is 0 Å². The molecule has 1 aromatic rings. The first-order chi connectivity index (χ1) is 7.22. The Morgan fingerprint density at radius 1 is 1.00 bits per heavy atom. The van der Waals surface area contributed by atoms with E-state index in [0.717, 1.165) is 13.2 Å². The monoisotopic (exact) mass is 250 g/mol. The summed E-state index contributed by atoms with van der Waals surface area (Å²) in [6.45, 7) is 7.75. The lowest BCUT2D eigenvalue weighted by atomic mass is 10.2. The van der Waals surface area contributed by atoms with Gasteiger partial charge in [-0.05, 0) is 20.8 Å². The van der Waals surface area contributed by atoms with Gasteiger partial charge in [-0.3, -0.25) is 0 Å². The van der Waals surface area contributed by atoms with Crippen LogP contribution in [-0.2, 0) is 4.74 Å². The fourth-order valence-corrected chi connectivity index (χ4v) is 0.739. The average molecular weight is 251 g/mol. The molecule has 0 radical (unpaired) electrons. The third kappa shape index (κ3) is 20.0. The first-order valence-electron chi connectivity index (χ1n) is 4.94. The summed E-state index contributed by atoms with van der Waals surface area (Å²) >= 11 is 9.53. The van der Waals surface area contributed by atoms with Crippen molar-refractivity contribution < 1.29 is 4.74 Å². The smallest absolute Gasteiger partial charge is 0.0967 e. The summed E-state index contributed by atoms with van der Waals surface area (Å²) in [4.78, 5) is 0. The summed E-state index contributed by atoms with van der Waals surface area (Å²) in [5.41, 5.74) is 1.32. The average Bonchev–Trinajstić information content (AvgIpc) is 2.22. The molecule has 0 aliphatic carbocycles. The van der Waals surface area contributed by atoms with Crippen molar-refractivity contribution in [2.75, 3.05) is 18.6 Å². The van der Waals surface area contributed by atoms with Gasteiger partial charge < -0.3 is 4.74 Å². The molecule has 0 amide bonds. The van der Waals surface area contributed by atoms with E-state index in [2.05, 4.69) is 19.1 Å². The van der Waals surface area contributed by atoms with Gasteiger partial charge >= 0.3 is 0 Å². The Labute approximate surface area is 103 Å². The van der Waals surface area contributed by atoms with Crippen LogP contribution in [-0.4, -0.2) is 18.6 Å². The molecule has 0 N–H and O–H groups in total. The highest BCUT2D eigenvalue weighted by molar-refractivity contribution is 6.40.